The Morgan fingerprint density at radius 3 is 2.92 bits per heavy atom. The van der Waals surface area contributed by atoms with Crippen LogP contribution in [0.25, 0.3) is 0 Å². The van der Waals surface area contributed by atoms with E-state index in [9.17, 15) is 4.79 Å². The molecule has 1 unspecified atom stereocenters. The van der Waals surface area contributed by atoms with Crippen molar-refractivity contribution < 1.29 is 4.79 Å². The predicted octanol–water partition coefficient (Wildman–Crippen LogP) is 3.61. The van der Waals surface area contributed by atoms with E-state index in [4.69, 9.17) is 0 Å². The Kier molecular flexibility index (Phi) is 5.23. The molecule has 4 rings (SSSR count). The number of thioether (sulfide) groups is 3. The van der Waals surface area contributed by atoms with Crippen LogP contribution in [0.3, 0.4) is 0 Å². The molecule has 0 spiro atoms. The fraction of sp³-hybridized carbons (Fsp3) is 0.500. The number of anilines is 1. The zero-order valence-electron chi connectivity index (χ0n) is 13.8. The van der Waals surface area contributed by atoms with E-state index in [2.05, 4.69) is 33.0 Å². The van der Waals surface area contributed by atoms with Gasteiger partial charge < -0.3 is 5.32 Å². The largest absolute Gasteiger partial charge is 0.325 e. The van der Waals surface area contributed by atoms with Crippen LogP contribution in [-0.2, 0) is 4.79 Å². The number of aromatic nitrogens is 4. The third-order valence-corrected chi connectivity index (χ3v) is 8.21. The van der Waals surface area contributed by atoms with E-state index in [0.717, 1.165) is 23.7 Å². The first-order chi connectivity index (χ1) is 12.2. The average molecular weight is 394 g/mol. The minimum atomic E-state index is -0.262. The van der Waals surface area contributed by atoms with E-state index in [0.29, 0.717) is 10.6 Å². The minimum Gasteiger partial charge on any atom is -0.325 e. The number of rotatable bonds is 6. The number of hydrogen-bond donors (Lipinski definition) is 1. The number of amides is 1. The molecule has 25 heavy (non-hydrogen) atoms. The number of nitrogens with zero attached hydrogens (tertiary/aromatic N) is 4. The van der Waals surface area contributed by atoms with Gasteiger partial charge in [0.15, 0.2) is 0 Å². The SMILES string of the molecule is CC(Sc1nnnn1C1CC1)C(=O)Nc1cccc(C2SCCS2)c1. The van der Waals surface area contributed by atoms with Gasteiger partial charge in [0.25, 0.3) is 0 Å². The highest BCUT2D eigenvalue weighted by Crippen LogP contribution is 2.45. The smallest absolute Gasteiger partial charge is 0.237 e. The maximum Gasteiger partial charge on any atom is 0.237 e. The van der Waals surface area contributed by atoms with Crippen LogP contribution in [0.5, 0.6) is 0 Å². The second-order valence-electron chi connectivity index (χ2n) is 6.09. The van der Waals surface area contributed by atoms with Crippen LogP contribution < -0.4 is 5.32 Å². The summed E-state index contributed by atoms with van der Waals surface area (Å²) in [6, 6.07) is 8.58. The average Bonchev–Trinajstić information content (AvgIpc) is 3.11. The Labute approximate surface area is 159 Å². The minimum absolute atomic E-state index is 0.0285. The van der Waals surface area contributed by atoms with Gasteiger partial charge in [-0.05, 0) is 47.9 Å². The molecule has 1 N–H and O–H groups in total. The molecule has 0 bridgehead atoms. The number of hydrogen-bond acceptors (Lipinski definition) is 7. The van der Waals surface area contributed by atoms with Gasteiger partial charge in [-0.3, -0.25) is 4.79 Å². The van der Waals surface area contributed by atoms with Crippen LogP contribution in [-0.4, -0.2) is 42.9 Å². The summed E-state index contributed by atoms with van der Waals surface area (Å²) in [7, 11) is 0. The van der Waals surface area contributed by atoms with Crippen molar-refractivity contribution >= 4 is 46.9 Å². The summed E-state index contributed by atoms with van der Waals surface area (Å²) in [5.74, 6) is 2.35. The van der Waals surface area contributed by atoms with E-state index >= 15 is 0 Å². The van der Waals surface area contributed by atoms with Gasteiger partial charge >= 0.3 is 0 Å². The third kappa shape index (κ3) is 4.15. The van der Waals surface area contributed by atoms with Gasteiger partial charge in [-0.2, -0.15) is 0 Å². The van der Waals surface area contributed by atoms with Gasteiger partial charge in [-0.15, -0.1) is 28.6 Å². The monoisotopic (exact) mass is 393 g/mol. The van der Waals surface area contributed by atoms with Crippen molar-refractivity contribution in [3.8, 4) is 0 Å². The summed E-state index contributed by atoms with van der Waals surface area (Å²) in [4.78, 5) is 12.5. The second-order valence-corrected chi connectivity index (χ2v) is 10.1. The highest BCUT2D eigenvalue weighted by Gasteiger charge is 2.29. The molecular formula is C16H19N5OS3. The molecule has 1 aliphatic heterocycles. The molecule has 1 saturated heterocycles. The molecule has 2 aliphatic rings. The second kappa shape index (κ2) is 7.59. The fourth-order valence-corrected chi connectivity index (χ4v) is 6.28. The van der Waals surface area contributed by atoms with Crippen molar-refractivity contribution in [1.29, 1.82) is 0 Å². The Morgan fingerprint density at radius 1 is 1.36 bits per heavy atom. The van der Waals surface area contributed by atoms with E-state index < -0.39 is 0 Å². The molecule has 0 radical (unpaired) electrons. The van der Waals surface area contributed by atoms with E-state index in [1.54, 1.807) is 0 Å². The predicted molar refractivity (Wildman–Crippen MR) is 104 cm³/mol. The first-order valence-electron chi connectivity index (χ1n) is 8.29. The lowest BCUT2D eigenvalue weighted by Crippen LogP contribution is -2.23. The molecule has 2 aromatic rings. The highest BCUT2D eigenvalue weighted by molar-refractivity contribution is 8.19. The van der Waals surface area contributed by atoms with Crippen molar-refractivity contribution in [1.82, 2.24) is 20.2 Å². The lowest BCUT2D eigenvalue weighted by molar-refractivity contribution is -0.115. The Balaban J connectivity index is 1.39. The van der Waals surface area contributed by atoms with Gasteiger partial charge in [0.1, 0.15) is 0 Å². The molecule has 2 heterocycles. The van der Waals surface area contributed by atoms with E-state index in [-0.39, 0.29) is 11.2 Å². The highest BCUT2D eigenvalue weighted by atomic mass is 32.2. The molecule has 1 aliphatic carbocycles. The number of carbonyl (C=O) groups excluding carboxylic acids is 1. The van der Waals surface area contributed by atoms with Gasteiger partial charge in [0, 0.05) is 17.2 Å². The van der Waals surface area contributed by atoms with Crippen LogP contribution in [0.1, 0.15) is 36.0 Å². The Morgan fingerprint density at radius 2 is 2.16 bits per heavy atom. The van der Waals surface area contributed by atoms with Crippen molar-refractivity contribution in [2.24, 2.45) is 0 Å². The van der Waals surface area contributed by atoms with Crippen molar-refractivity contribution in [3.05, 3.63) is 29.8 Å². The molecule has 1 atom stereocenters. The number of tetrazole rings is 1. The van der Waals surface area contributed by atoms with E-state index in [1.807, 2.05) is 47.3 Å². The molecule has 6 nitrogen and oxygen atoms in total. The molecule has 2 fully saturated rings. The Bertz CT molecular complexity index is 758. The summed E-state index contributed by atoms with van der Waals surface area (Å²) in [6.45, 7) is 1.89. The molecular weight excluding hydrogens is 374 g/mol. The molecule has 9 heteroatoms. The normalized spacial score (nSPS) is 19.1. The quantitative estimate of drug-likeness (QED) is 0.752. The maximum atomic E-state index is 12.5. The number of nitrogens with one attached hydrogen (secondary N) is 1. The van der Waals surface area contributed by atoms with Crippen LogP contribution in [0.2, 0.25) is 0 Å². The van der Waals surface area contributed by atoms with Crippen LogP contribution in [0.4, 0.5) is 5.69 Å². The third-order valence-electron chi connectivity index (χ3n) is 4.05. The summed E-state index contributed by atoms with van der Waals surface area (Å²) in [5.41, 5.74) is 2.12. The number of carbonyl (C=O) groups is 1. The standard InChI is InChI=1S/C16H19N5OS3/c1-10(25-16-18-19-20-21(16)13-5-6-13)14(22)17-12-4-2-3-11(9-12)15-23-7-8-24-15/h2-4,9-10,13,15H,5-8H2,1H3,(H,17,22). The van der Waals surface area contributed by atoms with Gasteiger partial charge in [-0.25, -0.2) is 4.68 Å². The van der Waals surface area contributed by atoms with Crippen LogP contribution in [0.15, 0.2) is 29.4 Å². The lowest BCUT2D eigenvalue weighted by Gasteiger charge is -2.14. The molecule has 1 amide bonds. The van der Waals surface area contributed by atoms with Gasteiger partial charge in [0.05, 0.1) is 15.9 Å². The van der Waals surface area contributed by atoms with Gasteiger partial charge in [0.2, 0.25) is 11.1 Å². The summed E-state index contributed by atoms with van der Waals surface area (Å²) in [5, 5.41) is 15.3. The van der Waals surface area contributed by atoms with Crippen molar-refractivity contribution in [2.75, 3.05) is 16.8 Å². The zero-order valence-corrected chi connectivity index (χ0v) is 16.2. The van der Waals surface area contributed by atoms with Crippen LogP contribution in [0, 0.1) is 0 Å². The molecule has 1 aromatic carbocycles. The van der Waals surface area contributed by atoms with Crippen molar-refractivity contribution in [2.45, 2.75) is 40.8 Å². The first-order valence-corrected chi connectivity index (χ1v) is 11.3. The molecule has 132 valence electrons. The van der Waals surface area contributed by atoms with Crippen molar-refractivity contribution in [3.63, 3.8) is 0 Å². The molecule has 1 aromatic heterocycles. The fourth-order valence-electron chi connectivity index (χ4n) is 2.58. The summed E-state index contributed by atoms with van der Waals surface area (Å²) >= 11 is 5.34. The lowest BCUT2D eigenvalue weighted by atomic mass is 10.2. The Hall–Kier alpha value is -1.19. The first kappa shape index (κ1) is 17.2. The number of benzene rings is 1. The van der Waals surface area contributed by atoms with Gasteiger partial charge in [-0.1, -0.05) is 23.9 Å². The summed E-state index contributed by atoms with van der Waals surface area (Å²) < 4.78 is 2.32. The zero-order chi connectivity index (χ0) is 17.2. The summed E-state index contributed by atoms with van der Waals surface area (Å²) in [6.07, 6.45) is 2.23. The topological polar surface area (TPSA) is 72.7 Å². The van der Waals surface area contributed by atoms with E-state index in [1.165, 1.54) is 28.8 Å². The van der Waals surface area contributed by atoms with Crippen LogP contribution >= 0.6 is 35.3 Å². The maximum absolute atomic E-state index is 12.5. The molecule has 1 saturated carbocycles.